The van der Waals surface area contributed by atoms with Gasteiger partial charge < -0.3 is 9.47 Å². The first-order valence-corrected chi connectivity index (χ1v) is 10.7. The molecule has 5 aromatic rings. The quantitative estimate of drug-likeness (QED) is 0.341. The van der Waals surface area contributed by atoms with E-state index >= 15 is 0 Å². The molecule has 0 radical (unpaired) electrons. The maximum absolute atomic E-state index is 10.1. The van der Waals surface area contributed by atoms with Crippen molar-refractivity contribution in [2.75, 3.05) is 6.79 Å². The molecule has 158 valence electrons. The molecule has 33 heavy (non-hydrogen) atoms. The summed E-state index contributed by atoms with van der Waals surface area (Å²) in [5.74, 6) is 1.48. The van der Waals surface area contributed by atoms with Crippen LogP contribution in [0.5, 0.6) is 11.5 Å². The maximum atomic E-state index is 10.1. The summed E-state index contributed by atoms with van der Waals surface area (Å²) in [5.41, 5.74) is 8.06. The maximum Gasteiger partial charge on any atom is 0.231 e. The third kappa shape index (κ3) is 3.20. The lowest BCUT2D eigenvalue weighted by molar-refractivity contribution is 0.174. The number of benzene rings is 3. The van der Waals surface area contributed by atoms with Crippen LogP contribution in [0.15, 0.2) is 72.8 Å². The summed E-state index contributed by atoms with van der Waals surface area (Å²) in [6, 6.07) is 26.6. The van der Waals surface area contributed by atoms with Gasteiger partial charge in [0.25, 0.3) is 0 Å². The molecule has 2 aromatic heterocycles. The Morgan fingerprint density at radius 1 is 0.939 bits per heavy atom. The van der Waals surface area contributed by atoms with Gasteiger partial charge in [-0.15, -0.1) is 0 Å². The molecule has 1 aliphatic heterocycles. The Morgan fingerprint density at radius 2 is 1.76 bits per heavy atom. The van der Waals surface area contributed by atoms with E-state index in [4.69, 9.17) is 14.5 Å². The van der Waals surface area contributed by atoms with E-state index in [1.54, 1.807) is 0 Å². The molecule has 1 aliphatic rings. The summed E-state index contributed by atoms with van der Waals surface area (Å²) in [5, 5.41) is 10.1. The number of rotatable bonds is 3. The molecule has 0 atom stereocenters. The lowest BCUT2D eigenvalue weighted by atomic mass is 10.0. The van der Waals surface area contributed by atoms with Crippen LogP contribution in [0.4, 0.5) is 0 Å². The van der Waals surface area contributed by atoms with Gasteiger partial charge >= 0.3 is 0 Å². The van der Waals surface area contributed by atoms with Crippen LogP contribution in [0.25, 0.3) is 40.1 Å². The third-order valence-electron chi connectivity index (χ3n) is 5.92. The Kier molecular flexibility index (Phi) is 4.38. The van der Waals surface area contributed by atoms with Crippen molar-refractivity contribution in [3.8, 4) is 28.8 Å². The second kappa shape index (κ2) is 7.54. The minimum Gasteiger partial charge on any atom is -0.454 e. The zero-order chi connectivity index (χ0) is 22.4. The number of aryl methyl sites for hydroxylation is 1. The summed E-state index contributed by atoms with van der Waals surface area (Å²) in [4.78, 5) is 4.82. The fourth-order valence-electron chi connectivity index (χ4n) is 4.24. The van der Waals surface area contributed by atoms with Crippen LogP contribution in [0.3, 0.4) is 0 Å². The topological polar surface area (TPSA) is 59.5 Å². The monoisotopic (exact) mass is 429 g/mol. The van der Waals surface area contributed by atoms with E-state index in [0.717, 1.165) is 44.9 Å². The van der Waals surface area contributed by atoms with Gasteiger partial charge in [-0.05, 0) is 53.9 Å². The highest BCUT2D eigenvalue weighted by Crippen LogP contribution is 2.34. The summed E-state index contributed by atoms with van der Waals surface area (Å²) in [6.07, 6.45) is 3.95. The van der Waals surface area contributed by atoms with Gasteiger partial charge in [-0.3, -0.25) is 4.40 Å². The Labute approximate surface area is 190 Å². The number of fused-ring (bicyclic) bond motifs is 4. The molecular formula is C28H19N3O2. The highest BCUT2D eigenvalue weighted by Gasteiger charge is 2.17. The summed E-state index contributed by atoms with van der Waals surface area (Å²) in [6.45, 7) is 2.31. The van der Waals surface area contributed by atoms with E-state index in [2.05, 4.69) is 47.7 Å². The smallest absolute Gasteiger partial charge is 0.231 e. The SMILES string of the molecule is Cc1ccc(-c2cc(/C=C/c3ccc4c(c3)OCO4)c(C#N)c3nc4ccccc4n23)cc1. The lowest BCUT2D eigenvalue weighted by Crippen LogP contribution is -1.98. The van der Waals surface area contributed by atoms with Gasteiger partial charge in [0.05, 0.1) is 16.7 Å². The number of pyridine rings is 1. The summed E-state index contributed by atoms with van der Waals surface area (Å²) < 4.78 is 13.0. The first-order valence-electron chi connectivity index (χ1n) is 10.7. The summed E-state index contributed by atoms with van der Waals surface area (Å²) in [7, 11) is 0. The van der Waals surface area contributed by atoms with Crippen molar-refractivity contribution in [1.82, 2.24) is 9.38 Å². The van der Waals surface area contributed by atoms with Crippen LogP contribution in [0.1, 0.15) is 22.3 Å². The molecule has 3 aromatic carbocycles. The van der Waals surface area contributed by atoms with Gasteiger partial charge in [0.1, 0.15) is 11.6 Å². The molecule has 0 saturated carbocycles. The lowest BCUT2D eigenvalue weighted by Gasteiger charge is -2.11. The van der Waals surface area contributed by atoms with Gasteiger partial charge in [0.2, 0.25) is 6.79 Å². The van der Waals surface area contributed by atoms with Gasteiger partial charge in [-0.2, -0.15) is 5.26 Å². The van der Waals surface area contributed by atoms with E-state index in [1.165, 1.54) is 5.56 Å². The van der Waals surface area contributed by atoms with Crippen molar-refractivity contribution in [1.29, 1.82) is 5.26 Å². The highest BCUT2D eigenvalue weighted by atomic mass is 16.7. The van der Waals surface area contributed by atoms with E-state index in [1.807, 2.05) is 54.6 Å². The van der Waals surface area contributed by atoms with Gasteiger partial charge in [-0.25, -0.2) is 4.98 Å². The Balaban J connectivity index is 1.58. The fraction of sp³-hybridized carbons (Fsp3) is 0.0714. The van der Waals surface area contributed by atoms with Crippen LogP contribution in [-0.2, 0) is 0 Å². The highest BCUT2D eigenvalue weighted by molar-refractivity contribution is 5.89. The normalized spacial score (nSPS) is 12.6. The van der Waals surface area contributed by atoms with Gasteiger partial charge in [-0.1, -0.05) is 60.2 Å². The minimum atomic E-state index is 0.241. The van der Waals surface area contributed by atoms with E-state index < -0.39 is 0 Å². The fourth-order valence-corrected chi connectivity index (χ4v) is 4.24. The predicted octanol–water partition coefficient (Wildman–Crippen LogP) is 6.23. The molecule has 5 nitrogen and oxygen atoms in total. The number of hydrogen-bond acceptors (Lipinski definition) is 4. The number of nitriles is 1. The van der Waals surface area contributed by atoms with E-state index in [0.29, 0.717) is 11.2 Å². The largest absolute Gasteiger partial charge is 0.454 e. The molecule has 0 saturated heterocycles. The number of nitrogens with zero attached hydrogens (tertiary/aromatic N) is 3. The van der Waals surface area contributed by atoms with Crippen LogP contribution in [0.2, 0.25) is 0 Å². The van der Waals surface area contributed by atoms with Crippen molar-refractivity contribution in [2.24, 2.45) is 0 Å². The molecule has 0 spiro atoms. The molecule has 0 amide bonds. The third-order valence-corrected chi connectivity index (χ3v) is 5.92. The van der Waals surface area contributed by atoms with E-state index in [9.17, 15) is 5.26 Å². The molecular weight excluding hydrogens is 410 g/mol. The average molecular weight is 429 g/mol. The molecule has 0 aliphatic carbocycles. The Bertz CT molecular complexity index is 1610. The molecule has 5 heteroatoms. The molecule has 6 rings (SSSR count). The molecule has 3 heterocycles. The molecule has 0 bridgehead atoms. The number of ether oxygens (including phenoxy) is 2. The Hall–Kier alpha value is -4.56. The predicted molar refractivity (Wildman–Crippen MR) is 129 cm³/mol. The van der Waals surface area contributed by atoms with Gasteiger partial charge in [0.15, 0.2) is 17.1 Å². The van der Waals surface area contributed by atoms with Crippen LogP contribution in [0, 0.1) is 18.3 Å². The Morgan fingerprint density at radius 3 is 2.61 bits per heavy atom. The first kappa shape index (κ1) is 19.1. The zero-order valence-electron chi connectivity index (χ0n) is 17.9. The average Bonchev–Trinajstić information content (AvgIpc) is 3.47. The number of imidazole rings is 1. The molecule has 0 unspecified atom stereocenters. The number of hydrogen-bond donors (Lipinski definition) is 0. The molecule has 0 fully saturated rings. The van der Waals surface area contributed by atoms with Crippen molar-refractivity contribution in [2.45, 2.75) is 6.92 Å². The van der Waals surface area contributed by atoms with Crippen molar-refractivity contribution in [3.63, 3.8) is 0 Å². The van der Waals surface area contributed by atoms with Crippen LogP contribution >= 0.6 is 0 Å². The van der Waals surface area contributed by atoms with E-state index in [-0.39, 0.29) is 6.79 Å². The van der Waals surface area contributed by atoms with Crippen molar-refractivity contribution in [3.05, 3.63) is 95.1 Å². The van der Waals surface area contributed by atoms with Crippen LogP contribution < -0.4 is 9.47 Å². The van der Waals surface area contributed by atoms with Crippen molar-refractivity contribution < 1.29 is 9.47 Å². The van der Waals surface area contributed by atoms with Crippen LogP contribution in [-0.4, -0.2) is 16.2 Å². The standard InChI is InChI=1S/C28H19N3O2/c1-18-6-10-20(11-7-18)25-15-21(12-8-19-9-13-26-27(14-19)33-17-32-26)22(16-29)28-30-23-4-2-3-5-24(23)31(25)28/h2-15H,17H2,1H3/b12-8+. The first-order chi connectivity index (χ1) is 16.2. The molecule has 0 N–H and O–H groups in total. The summed E-state index contributed by atoms with van der Waals surface area (Å²) >= 11 is 0. The van der Waals surface area contributed by atoms with Crippen molar-refractivity contribution >= 4 is 28.8 Å². The second-order valence-corrected chi connectivity index (χ2v) is 8.04. The minimum absolute atomic E-state index is 0.241. The zero-order valence-corrected chi connectivity index (χ0v) is 17.9. The number of para-hydroxylation sites is 2. The second-order valence-electron chi connectivity index (χ2n) is 8.04. The van der Waals surface area contributed by atoms with Gasteiger partial charge in [0, 0.05) is 0 Å². The number of aromatic nitrogens is 2.